The summed E-state index contributed by atoms with van der Waals surface area (Å²) >= 11 is 0. The number of carbonyl (C=O) groups excluding carboxylic acids is 1. The lowest BCUT2D eigenvalue weighted by molar-refractivity contribution is -0.122. The molecule has 2 N–H and O–H groups in total. The molecular weight excluding hydrogens is 194 g/mol. The highest BCUT2D eigenvalue weighted by Gasteiger charge is 2.17. The van der Waals surface area contributed by atoms with Gasteiger partial charge >= 0.3 is 0 Å². The van der Waals surface area contributed by atoms with Gasteiger partial charge < -0.3 is 15.2 Å². The van der Waals surface area contributed by atoms with E-state index in [1.807, 2.05) is 6.92 Å². The lowest BCUT2D eigenvalue weighted by Gasteiger charge is -2.13. The molecular formula is C11H21NO3. The number of hydrogen-bond acceptors (Lipinski definition) is 3. The number of ether oxygens (including phenoxy) is 1. The van der Waals surface area contributed by atoms with E-state index in [0.717, 1.165) is 25.9 Å². The van der Waals surface area contributed by atoms with Gasteiger partial charge in [-0.15, -0.1) is 0 Å². The van der Waals surface area contributed by atoms with Gasteiger partial charge in [0.2, 0.25) is 5.91 Å². The van der Waals surface area contributed by atoms with Crippen molar-refractivity contribution in [1.29, 1.82) is 0 Å². The van der Waals surface area contributed by atoms with Crippen LogP contribution in [0.2, 0.25) is 0 Å². The van der Waals surface area contributed by atoms with Crippen molar-refractivity contribution in [1.82, 2.24) is 5.32 Å². The maximum absolute atomic E-state index is 11.4. The van der Waals surface area contributed by atoms with Crippen molar-refractivity contribution in [2.45, 2.75) is 51.2 Å². The molecule has 0 aromatic heterocycles. The molecule has 1 heterocycles. The van der Waals surface area contributed by atoms with E-state index in [4.69, 9.17) is 9.84 Å². The predicted octanol–water partition coefficient (Wildman–Crippen LogP) is 0.833. The molecule has 1 fully saturated rings. The highest BCUT2D eigenvalue weighted by Crippen LogP contribution is 2.16. The predicted molar refractivity (Wildman–Crippen MR) is 57.5 cm³/mol. The van der Waals surface area contributed by atoms with Gasteiger partial charge in [0, 0.05) is 25.7 Å². The lowest BCUT2D eigenvalue weighted by Crippen LogP contribution is -2.33. The van der Waals surface area contributed by atoms with Crippen molar-refractivity contribution in [2.75, 3.05) is 13.2 Å². The summed E-state index contributed by atoms with van der Waals surface area (Å²) in [6, 6.07) is 0.0620. The number of amides is 1. The number of aliphatic hydroxyl groups excluding tert-OH is 1. The zero-order valence-electron chi connectivity index (χ0n) is 9.37. The molecule has 0 aromatic carbocycles. The van der Waals surface area contributed by atoms with E-state index >= 15 is 0 Å². The van der Waals surface area contributed by atoms with E-state index in [1.165, 1.54) is 0 Å². The molecule has 0 spiro atoms. The van der Waals surface area contributed by atoms with E-state index < -0.39 is 0 Å². The maximum Gasteiger partial charge on any atom is 0.220 e. The molecule has 1 aliphatic rings. The van der Waals surface area contributed by atoms with Crippen molar-refractivity contribution in [3.05, 3.63) is 0 Å². The molecule has 1 aliphatic heterocycles. The third-order valence-electron chi connectivity index (χ3n) is 2.69. The Morgan fingerprint density at radius 3 is 3.07 bits per heavy atom. The first-order valence-corrected chi connectivity index (χ1v) is 5.74. The van der Waals surface area contributed by atoms with Gasteiger partial charge in [0.1, 0.15) is 0 Å². The van der Waals surface area contributed by atoms with E-state index in [-0.39, 0.29) is 24.7 Å². The number of carbonyl (C=O) groups is 1. The second kappa shape index (κ2) is 6.80. The summed E-state index contributed by atoms with van der Waals surface area (Å²) in [7, 11) is 0. The van der Waals surface area contributed by atoms with Gasteiger partial charge in [-0.25, -0.2) is 0 Å². The second-order valence-electron chi connectivity index (χ2n) is 4.15. The minimum Gasteiger partial charge on any atom is -0.396 e. The summed E-state index contributed by atoms with van der Waals surface area (Å²) in [5.74, 6) is 0.0615. The lowest BCUT2D eigenvalue weighted by atomic mass is 10.1. The molecule has 2 atom stereocenters. The zero-order valence-corrected chi connectivity index (χ0v) is 9.37. The first-order chi connectivity index (χ1) is 7.22. The Hall–Kier alpha value is -0.610. The Balaban J connectivity index is 2.07. The van der Waals surface area contributed by atoms with Crippen LogP contribution in [0, 0.1) is 0 Å². The van der Waals surface area contributed by atoms with Crippen LogP contribution in [0.3, 0.4) is 0 Å². The summed E-state index contributed by atoms with van der Waals surface area (Å²) in [4.78, 5) is 11.4. The summed E-state index contributed by atoms with van der Waals surface area (Å²) in [5, 5.41) is 11.5. The van der Waals surface area contributed by atoms with Crippen LogP contribution in [0.15, 0.2) is 0 Å². The van der Waals surface area contributed by atoms with E-state index in [1.54, 1.807) is 0 Å². The summed E-state index contributed by atoms with van der Waals surface area (Å²) in [5.41, 5.74) is 0. The van der Waals surface area contributed by atoms with Gasteiger partial charge in [0.05, 0.1) is 6.10 Å². The fourth-order valence-corrected chi connectivity index (χ4v) is 1.78. The molecule has 1 saturated heterocycles. The molecule has 1 rings (SSSR count). The molecule has 4 heteroatoms. The maximum atomic E-state index is 11.4. The molecule has 0 bridgehead atoms. The zero-order chi connectivity index (χ0) is 11.1. The van der Waals surface area contributed by atoms with Crippen molar-refractivity contribution in [3.63, 3.8) is 0 Å². The van der Waals surface area contributed by atoms with Crippen LogP contribution in [-0.4, -0.2) is 36.4 Å². The first-order valence-electron chi connectivity index (χ1n) is 5.74. The highest BCUT2D eigenvalue weighted by molar-refractivity contribution is 5.76. The molecule has 4 nitrogen and oxygen atoms in total. The first kappa shape index (κ1) is 12.5. The third kappa shape index (κ3) is 5.14. The molecule has 1 amide bonds. The fraction of sp³-hybridized carbons (Fsp3) is 0.909. The van der Waals surface area contributed by atoms with Gasteiger partial charge in [-0.2, -0.15) is 0 Å². The minimum absolute atomic E-state index is 0.0615. The standard InChI is InChI=1S/C11H21NO3/c1-9(6-7-13)12-11(14)5-4-10-3-2-8-15-10/h9-10,13H,2-8H2,1H3,(H,12,14). The molecule has 0 aromatic rings. The van der Waals surface area contributed by atoms with Crippen molar-refractivity contribution in [3.8, 4) is 0 Å². The Morgan fingerprint density at radius 2 is 2.47 bits per heavy atom. The van der Waals surface area contributed by atoms with Crippen LogP contribution < -0.4 is 5.32 Å². The van der Waals surface area contributed by atoms with Crippen molar-refractivity contribution >= 4 is 5.91 Å². The van der Waals surface area contributed by atoms with Crippen LogP contribution in [0.4, 0.5) is 0 Å². The van der Waals surface area contributed by atoms with Crippen LogP contribution in [0.1, 0.15) is 39.0 Å². The van der Waals surface area contributed by atoms with Crippen LogP contribution in [-0.2, 0) is 9.53 Å². The minimum atomic E-state index is 0.0615. The average Bonchev–Trinajstić information content (AvgIpc) is 2.67. The van der Waals surface area contributed by atoms with Crippen molar-refractivity contribution < 1.29 is 14.6 Å². The van der Waals surface area contributed by atoms with Crippen LogP contribution in [0.25, 0.3) is 0 Å². The van der Waals surface area contributed by atoms with E-state index in [2.05, 4.69) is 5.32 Å². The monoisotopic (exact) mass is 215 g/mol. The number of nitrogens with one attached hydrogen (secondary N) is 1. The summed E-state index contributed by atoms with van der Waals surface area (Å²) in [6.45, 7) is 2.86. The number of hydrogen-bond donors (Lipinski definition) is 2. The Morgan fingerprint density at radius 1 is 1.67 bits per heavy atom. The average molecular weight is 215 g/mol. The molecule has 15 heavy (non-hydrogen) atoms. The van der Waals surface area contributed by atoms with Gasteiger partial charge in [0.25, 0.3) is 0 Å². The quantitative estimate of drug-likeness (QED) is 0.690. The number of aliphatic hydroxyl groups is 1. The molecule has 0 radical (unpaired) electrons. The molecule has 88 valence electrons. The van der Waals surface area contributed by atoms with Gasteiger partial charge in [-0.1, -0.05) is 0 Å². The Bertz CT molecular complexity index is 190. The van der Waals surface area contributed by atoms with Gasteiger partial charge in [-0.05, 0) is 32.6 Å². The topological polar surface area (TPSA) is 58.6 Å². The SMILES string of the molecule is CC(CCO)NC(=O)CCC1CCCO1. The normalized spacial score (nSPS) is 22.7. The summed E-state index contributed by atoms with van der Waals surface area (Å²) in [6.07, 6.45) is 4.44. The molecule has 0 aliphatic carbocycles. The van der Waals surface area contributed by atoms with Crippen LogP contribution >= 0.6 is 0 Å². The van der Waals surface area contributed by atoms with Crippen molar-refractivity contribution in [2.24, 2.45) is 0 Å². The second-order valence-corrected chi connectivity index (χ2v) is 4.15. The van der Waals surface area contributed by atoms with Gasteiger partial charge in [-0.3, -0.25) is 4.79 Å². The highest BCUT2D eigenvalue weighted by atomic mass is 16.5. The number of rotatable bonds is 6. The fourth-order valence-electron chi connectivity index (χ4n) is 1.78. The van der Waals surface area contributed by atoms with Gasteiger partial charge in [0.15, 0.2) is 0 Å². The largest absolute Gasteiger partial charge is 0.396 e. The molecule has 0 saturated carbocycles. The Kier molecular flexibility index (Phi) is 5.65. The summed E-state index contributed by atoms with van der Waals surface area (Å²) < 4.78 is 5.44. The van der Waals surface area contributed by atoms with Crippen LogP contribution in [0.5, 0.6) is 0 Å². The third-order valence-corrected chi connectivity index (χ3v) is 2.69. The van der Waals surface area contributed by atoms with E-state index in [0.29, 0.717) is 12.8 Å². The smallest absolute Gasteiger partial charge is 0.220 e. The Labute approximate surface area is 91.0 Å². The molecule has 2 unspecified atom stereocenters. The van der Waals surface area contributed by atoms with E-state index in [9.17, 15) is 4.79 Å².